The first-order chi connectivity index (χ1) is 11.4. The van der Waals surface area contributed by atoms with Crippen molar-refractivity contribution in [2.24, 2.45) is 5.73 Å². The van der Waals surface area contributed by atoms with E-state index in [1.807, 2.05) is 0 Å². The van der Waals surface area contributed by atoms with Crippen molar-refractivity contribution in [2.45, 2.75) is 6.61 Å². The van der Waals surface area contributed by atoms with Gasteiger partial charge >= 0.3 is 12.6 Å². The van der Waals surface area contributed by atoms with Crippen LogP contribution in [0.25, 0.3) is 0 Å². The number of anilines is 1. The molecule has 3 N–H and O–H groups in total. The summed E-state index contributed by atoms with van der Waals surface area (Å²) in [6.07, 6.45) is 4.09. The maximum Gasteiger partial charge on any atom is 0.387 e. The Hall–Kier alpha value is -2.68. The topological polar surface area (TPSA) is 82.3 Å². The molecule has 1 aromatic carbocycles. The number of ether oxygens (including phenoxy) is 2. The second-order valence-corrected chi connectivity index (χ2v) is 4.80. The maximum atomic E-state index is 13.3. The molecule has 6 nitrogen and oxygen atoms in total. The van der Waals surface area contributed by atoms with Gasteiger partial charge in [-0.05, 0) is 12.1 Å². The van der Waals surface area contributed by atoms with Gasteiger partial charge in [-0.3, -0.25) is 0 Å². The number of rotatable bonds is 7. The lowest BCUT2D eigenvalue weighted by Gasteiger charge is -2.09. The van der Waals surface area contributed by atoms with E-state index >= 15 is 0 Å². The Bertz CT molecular complexity index is 714. The molecule has 10 heteroatoms. The Morgan fingerprint density at radius 3 is 2.71 bits per heavy atom. The third-order valence-corrected chi connectivity index (χ3v) is 2.73. The van der Waals surface area contributed by atoms with Crippen LogP contribution in [0.15, 0.2) is 42.5 Å². The lowest BCUT2D eigenvalue weighted by molar-refractivity contribution is -0.0521. The molecule has 0 bridgehead atoms. The molecular formula is C14H12ClF3N4O2. The smallest absolute Gasteiger partial charge is 0.387 e. The molecule has 24 heavy (non-hydrogen) atoms. The standard InChI is InChI=1S/C14H12ClF3N4O2/c15-8-4-21-14(22-5-8)23-7-9(19)6-20-10-1-2-11(16)12(3-10)24-13(17)18/h1-6,13,20H,7,19H2/b9-6-. The van der Waals surface area contributed by atoms with Crippen LogP contribution < -0.4 is 20.5 Å². The molecule has 0 radical (unpaired) electrons. The highest BCUT2D eigenvalue weighted by molar-refractivity contribution is 6.30. The molecule has 0 amide bonds. The zero-order chi connectivity index (χ0) is 17.5. The minimum absolute atomic E-state index is 0.0315. The predicted octanol–water partition coefficient (Wildman–Crippen LogP) is 3.16. The van der Waals surface area contributed by atoms with Crippen molar-refractivity contribution in [3.63, 3.8) is 0 Å². The van der Waals surface area contributed by atoms with Crippen LogP contribution in [0.1, 0.15) is 0 Å². The van der Waals surface area contributed by atoms with Crippen LogP contribution in [0.3, 0.4) is 0 Å². The highest BCUT2D eigenvalue weighted by Gasteiger charge is 2.10. The quantitative estimate of drug-likeness (QED) is 0.789. The van der Waals surface area contributed by atoms with E-state index in [1.54, 1.807) is 0 Å². The summed E-state index contributed by atoms with van der Waals surface area (Å²) in [6.45, 7) is -3.15. The number of aromatic nitrogens is 2. The molecule has 0 atom stereocenters. The molecule has 0 aliphatic heterocycles. The Morgan fingerprint density at radius 1 is 1.33 bits per heavy atom. The number of alkyl halides is 2. The van der Waals surface area contributed by atoms with Gasteiger partial charge in [0, 0.05) is 18.0 Å². The third kappa shape index (κ3) is 5.51. The molecule has 0 fully saturated rings. The highest BCUT2D eigenvalue weighted by atomic mass is 35.5. The minimum atomic E-state index is -3.12. The van der Waals surface area contributed by atoms with Gasteiger partial charge in [0.1, 0.15) is 6.61 Å². The molecule has 0 unspecified atom stereocenters. The summed E-state index contributed by atoms with van der Waals surface area (Å²) < 4.78 is 46.9. The molecule has 0 saturated heterocycles. The van der Waals surface area contributed by atoms with E-state index in [0.717, 1.165) is 12.1 Å². The van der Waals surface area contributed by atoms with Crippen molar-refractivity contribution < 1.29 is 22.6 Å². The number of hydrogen-bond donors (Lipinski definition) is 2. The summed E-state index contributed by atoms with van der Waals surface area (Å²) in [4.78, 5) is 7.64. The largest absolute Gasteiger partial charge is 0.457 e. The van der Waals surface area contributed by atoms with Crippen LogP contribution in [0.2, 0.25) is 5.02 Å². The summed E-state index contributed by atoms with van der Waals surface area (Å²) in [7, 11) is 0. The van der Waals surface area contributed by atoms with Crippen molar-refractivity contribution in [3.05, 3.63) is 53.3 Å². The fraction of sp³-hybridized carbons (Fsp3) is 0.143. The first-order valence-corrected chi connectivity index (χ1v) is 6.87. The average Bonchev–Trinajstić information content (AvgIpc) is 2.54. The van der Waals surface area contributed by atoms with Gasteiger partial charge in [0.05, 0.1) is 23.1 Å². The van der Waals surface area contributed by atoms with E-state index in [4.69, 9.17) is 22.1 Å². The molecular weight excluding hydrogens is 349 g/mol. The number of nitrogens with zero attached hydrogens (tertiary/aromatic N) is 2. The van der Waals surface area contributed by atoms with E-state index in [-0.39, 0.29) is 18.3 Å². The molecule has 2 aromatic rings. The van der Waals surface area contributed by atoms with E-state index < -0.39 is 18.2 Å². The molecule has 2 rings (SSSR count). The fourth-order valence-electron chi connectivity index (χ4n) is 1.52. The van der Waals surface area contributed by atoms with Gasteiger partial charge in [-0.2, -0.15) is 8.78 Å². The van der Waals surface area contributed by atoms with Crippen molar-refractivity contribution in [1.29, 1.82) is 0 Å². The second kappa shape index (κ2) is 8.25. The molecule has 0 aliphatic rings. The van der Waals surface area contributed by atoms with Crippen LogP contribution in [-0.4, -0.2) is 23.2 Å². The van der Waals surface area contributed by atoms with Gasteiger partial charge in [0.2, 0.25) is 0 Å². The summed E-state index contributed by atoms with van der Waals surface area (Å²) in [5.41, 5.74) is 6.28. The van der Waals surface area contributed by atoms with Crippen LogP contribution in [0, 0.1) is 5.82 Å². The summed E-state index contributed by atoms with van der Waals surface area (Å²) in [5, 5.41) is 3.08. The van der Waals surface area contributed by atoms with Crippen LogP contribution in [-0.2, 0) is 0 Å². The number of halogens is 4. The maximum absolute atomic E-state index is 13.3. The predicted molar refractivity (Wildman–Crippen MR) is 81.5 cm³/mol. The van der Waals surface area contributed by atoms with Crippen LogP contribution in [0.4, 0.5) is 18.9 Å². The number of nitrogens with two attached hydrogens (primary N) is 1. The van der Waals surface area contributed by atoms with Crippen molar-refractivity contribution in [2.75, 3.05) is 11.9 Å². The minimum Gasteiger partial charge on any atom is -0.457 e. The molecule has 128 valence electrons. The Balaban J connectivity index is 1.93. The lowest BCUT2D eigenvalue weighted by atomic mass is 10.3. The molecule has 0 aliphatic carbocycles. The monoisotopic (exact) mass is 360 g/mol. The normalized spacial score (nSPS) is 11.5. The van der Waals surface area contributed by atoms with Crippen molar-refractivity contribution in [1.82, 2.24) is 9.97 Å². The first-order valence-electron chi connectivity index (χ1n) is 6.50. The van der Waals surface area contributed by atoms with Gasteiger partial charge in [-0.1, -0.05) is 11.6 Å². The SMILES string of the molecule is N/C(=C\Nc1ccc(F)c(OC(F)F)c1)COc1ncc(Cl)cn1. The summed E-state index contributed by atoms with van der Waals surface area (Å²) in [6, 6.07) is 3.49. The molecule has 1 aromatic heterocycles. The van der Waals surface area contributed by atoms with Crippen LogP contribution >= 0.6 is 11.6 Å². The Kier molecular flexibility index (Phi) is 6.07. The molecule has 0 saturated carbocycles. The lowest BCUT2D eigenvalue weighted by Crippen LogP contribution is -2.12. The van der Waals surface area contributed by atoms with E-state index in [9.17, 15) is 13.2 Å². The molecule has 0 spiro atoms. The van der Waals surface area contributed by atoms with Crippen molar-refractivity contribution >= 4 is 17.3 Å². The zero-order valence-electron chi connectivity index (χ0n) is 12.0. The Labute approximate surface area is 140 Å². The van der Waals surface area contributed by atoms with Gasteiger partial charge in [0.25, 0.3) is 0 Å². The summed E-state index contributed by atoms with van der Waals surface area (Å²) in [5.74, 6) is -1.48. The van der Waals surface area contributed by atoms with Gasteiger partial charge in [-0.15, -0.1) is 0 Å². The highest BCUT2D eigenvalue weighted by Crippen LogP contribution is 2.23. The second-order valence-electron chi connectivity index (χ2n) is 4.36. The molecule has 1 heterocycles. The van der Waals surface area contributed by atoms with Crippen molar-refractivity contribution in [3.8, 4) is 11.8 Å². The van der Waals surface area contributed by atoms with Gasteiger partial charge < -0.3 is 20.5 Å². The summed E-state index contributed by atoms with van der Waals surface area (Å²) >= 11 is 5.64. The van der Waals surface area contributed by atoms with Crippen LogP contribution in [0.5, 0.6) is 11.8 Å². The fourth-order valence-corrected chi connectivity index (χ4v) is 1.62. The average molecular weight is 361 g/mol. The van der Waals surface area contributed by atoms with E-state index in [1.165, 1.54) is 24.7 Å². The first kappa shape index (κ1) is 17.7. The number of benzene rings is 1. The number of hydrogen-bond acceptors (Lipinski definition) is 6. The third-order valence-electron chi connectivity index (χ3n) is 2.54. The Morgan fingerprint density at radius 2 is 2.04 bits per heavy atom. The van der Waals surface area contributed by atoms with Gasteiger partial charge in [-0.25, -0.2) is 14.4 Å². The van der Waals surface area contributed by atoms with Gasteiger partial charge in [0.15, 0.2) is 11.6 Å². The zero-order valence-corrected chi connectivity index (χ0v) is 12.8. The van der Waals surface area contributed by atoms with E-state index in [2.05, 4.69) is 20.0 Å². The van der Waals surface area contributed by atoms with E-state index in [0.29, 0.717) is 10.7 Å². The number of nitrogens with one attached hydrogen (secondary N) is 1.